The Labute approximate surface area is 82.8 Å². The van der Waals surface area contributed by atoms with Gasteiger partial charge in [-0.1, -0.05) is 0 Å². The minimum Gasteiger partial charge on any atom is -0.330 e. The summed E-state index contributed by atoms with van der Waals surface area (Å²) < 4.78 is 2.00. The molecule has 2 aromatic heterocycles. The Hall–Kier alpha value is -1.42. The zero-order valence-corrected chi connectivity index (χ0v) is 8.49. The molecule has 74 valence electrons. The summed E-state index contributed by atoms with van der Waals surface area (Å²) in [5.74, 6) is 0.983. The van der Waals surface area contributed by atoms with Gasteiger partial charge in [-0.3, -0.25) is 0 Å². The lowest BCUT2D eigenvalue weighted by Gasteiger charge is -1.99. The molecule has 14 heavy (non-hydrogen) atoms. The summed E-state index contributed by atoms with van der Waals surface area (Å²) in [6, 6.07) is 1.99. The molecular weight excluding hydrogens is 176 g/mol. The van der Waals surface area contributed by atoms with Crippen LogP contribution < -0.4 is 5.73 Å². The van der Waals surface area contributed by atoms with E-state index in [1.54, 1.807) is 0 Å². The average molecular weight is 190 g/mol. The number of hydrogen-bond donors (Lipinski definition) is 1. The third-order valence-corrected chi connectivity index (χ3v) is 2.48. The lowest BCUT2D eigenvalue weighted by atomic mass is 10.2. The first-order valence-corrected chi connectivity index (χ1v) is 4.71. The highest BCUT2D eigenvalue weighted by Crippen LogP contribution is 2.16. The minimum absolute atomic E-state index is 0.648. The third kappa shape index (κ3) is 1.28. The van der Waals surface area contributed by atoms with Crippen molar-refractivity contribution in [3.8, 4) is 0 Å². The number of nitrogens with two attached hydrogens (primary N) is 1. The molecule has 0 amide bonds. The van der Waals surface area contributed by atoms with Gasteiger partial charge in [-0.05, 0) is 31.5 Å². The van der Waals surface area contributed by atoms with Crippen molar-refractivity contribution in [3.05, 3.63) is 23.7 Å². The largest absolute Gasteiger partial charge is 0.330 e. The van der Waals surface area contributed by atoms with E-state index in [0.29, 0.717) is 6.54 Å². The highest BCUT2D eigenvalue weighted by molar-refractivity contribution is 5.75. The molecule has 2 N–H and O–H groups in total. The first kappa shape index (κ1) is 9.15. The van der Waals surface area contributed by atoms with E-state index in [1.165, 1.54) is 5.56 Å². The van der Waals surface area contributed by atoms with Gasteiger partial charge < -0.3 is 10.3 Å². The van der Waals surface area contributed by atoms with Gasteiger partial charge in [0, 0.05) is 13.2 Å². The predicted molar refractivity (Wildman–Crippen MR) is 56.0 cm³/mol. The molecule has 4 nitrogen and oxygen atoms in total. The highest BCUT2D eigenvalue weighted by Gasteiger charge is 2.08. The summed E-state index contributed by atoms with van der Waals surface area (Å²) in [7, 11) is 1.98. The maximum Gasteiger partial charge on any atom is 0.159 e. The first-order chi connectivity index (χ1) is 6.74. The van der Waals surface area contributed by atoms with Crippen molar-refractivity contribution >= 4 is 11.2 Å². The molecule has 0 spiro atoms. The Morgan fingerprint density at radius 1 is 1.50 bits per heavy atom. The standard InChI is InChI=1S/C10H14N4/c1-7-13-9-8(3-5-11)4-6-12-10(9)14(7)2/h4,6H,3,5,11H2,1-2H3. The van der Waals surface area contributed by atoms with Crippen LogP contribution in [0.3, 0.4) is 0 Å². The maximum absolute atomic E-state index is 5.54. The average Bonchev–Trinajstić information content (AvgIpc) is 2.46. The predicted octanol–water partition coefficient (Wildman–Crippen LogP) is 0.778. The molecule has 2 aromatic rings. The number of nitrogens with zero attached hydrogens (tertiary/aromatic N) is 3. The van der Waals surface area contributed by atoms with Gasteiger partial charge in [0.2, 0.25) is 0 Å². The van der Waals surface area contributed by atoms with Crippen LogP contribution in [-0.4, -0.2) is 21.1 Å². The van der Waals surface area contributed by atoms with Gasteiger partial charge in [-0.2, -0.15) is 0 Å². The Kier molecular flexibility index (Phi) is 2.21. The Morgan fingerprint density at radius 2 is 2.29 bits per heavy atom. The summed E-state index contributed by atoms with van der Waals surface area (Å²) >= 11 is 0. The quantitative estimate of drug-likeness (QED) is 0.761. The van der Waals surface area contributed by atoms with Crippen LogP contribution in [0.2, 0.25) is 0 Å². The molecular formula is C10H14N4. The van der Waals surface area contributed by atoms with Gasteiger partial charge in [0.1, 0.15) is 11.3 Å². The normalized spacial score (nSPS) is 11.1. The van der Waals surface area contributed by atoms with Crippen LogP contribution in [0.5, 0.6) is 0 Å². The van der Waals surface area contributed by atoms with E-state index in [9.17, 15) is 0 Å². The fraction of sp³-hybridized carbons (Fsp3) is 0.400. The number of aromatic nitrogens is 3. The van der Waals surface area contributed by atoms with Crippen molar-refractivity contribution in [1.29, 1.82) is 0 Å². The van der Waals surface area contributed by atoms with Crippen molar-refractivity contribution in [3.63, 3.8) is 0 Å². The number of fused-ring (bicyclic) bond motifs is 1. The highest BCUT2D eigenvalue weighted by atomic mass is 15.1. The molecule has 2 rings (SSSR count). The van der Waals surface area contributed by atoms with E-state index in [-0.39, 0.29) is 0 Å². The van der Waals surface area contributed by atoms with Crippen molar-refractivity contribution < 1.29 is 0 Å². The van der Waals surface area contributed by atoms with E-state index in [2.05, 4.69) is 9.97 Å². The van der Waals surface area contributed by atoms with E-state index < -0.39 is 0 Å². The molecule has 0 radical (unpaired) electrons. The topological polar surface area (TPSA) is 56.7 Å². The number of imidazole rings is 1. The van der Waals surface area contributed by atoms with Gasteiger partial charge in [-0.25, -0.2) is 9.97 Å². The van der Waals surface area contributed by atoms with Crippen LogP contribution in [0.4, 0.5) is 0 Å². The number of aryl methyl sites for hydroxylation is 2. The lowest BCUT2D eigenvalue weighted by Crippen LogP contribution is -2.03. The van der Waals surface area contributed by atoms with E-state index in [4.69, 9.17) is 5.73 Å². The second-order valence-electron chi connectivity index (χ2n) is 3.40. The Bertz CT molecular complexity index is 458. The number of hydrogen-bond acceptors (Lipinski definition) is 3. The summed E-state index contributed by atoms with van der Waals surface area (Å²) in [6.07, 6.45) is 2.67. The van der Waals surface area contributed by atoms with Crippen LogP contribution in [-0.2, 0) is 13.5 Å². The monoisotopic (exact) mass is 190 g/mol. The molecule has 2 heterocycles. The van der Waals surface area contributed by atoms with E-state index in [1.807, 2.05) is 30.8 Å². The second-order valence-corrected chi connectivity index (χ2v) is 3.40. The fourth-order valence-corrected chi connectivity index (χ4v) is 1.60. The minimum atomic E-state index is 0.648. The van der Waals surface area contributed by atoms with Gasteiger partial charge >= 0.3 is 0 Å². The van der Waals surface area contributed by atoms with Gasteiger partial charge in [0.15, 0.2) is 5.65 Å². The molecule has 0 aliphatic carbocycles. The van der Waals surface area contributed by atoms with Crippen molar-refractivity contribution in [2.75, 3.05) is 6.54 Å². The molecule has 0 bridgehead atoms. The molecule has 0 saturated carbocycles. The molecule has 0 unspecified atom stereocenters. The van der Waals surface area contributed by atoms with Crippen LogP contribution in [0, 0.1) is 6.92 Å². The molecule has 0 aromatic carbocycles. The SMILES string of the molecule is Cc1nc2c(CCN)ccnc2n1C. The molecule has 0 fully saturated rings. The number of rotatable bonds is 2. The van der Waals surface area contributed by atoms with E-state index >= 15 is 0 Å². The zero-order valence-electron chi connectivity index (χ0n) is 8.49. The van der Waals surface area contributed by atoms with Crippen LogP contribution in [0.25, 0.3) is 11.2 Å². The first-order valence-electron chi connectivity index (χ1n) is 4.71. The summed E-state index contributed by atoms with van der Waals surface area (Å²) in [5, 5.41) is 0. The maximum atomic E-state index is 5.54. The van der Waals surface area contributed by atoms with Crippen molar-refractivity contribution in [1.82, 2.24) is 14.5 Å². The fourth-order valence-electron chi connectivity index (χ4n) is 1.60. The summed E-state index contributed by atoms with van der Waals surface area (Å²) in [6.45, 7) is 2.63. The summed E-state index contributed by atoms with van der Waals surface area (Å²) in [4.78, 5) is 8.78. The zero-order chi connectivity index (χ0) is 10.1. The molecule has 0 atom stereocenters. The van der Waals surface area contributed by atoms with Gasteiger partial charge in [0.05, 0.1) is 0 Å². The van der Waals surface area contributed by atoms with Crippen molar-refractivity contribution in [2.45, 2.75) is 13.3 Å². The molecule has 4 heteroatoms. The lowest BCUT2D eigenvalue weighted by molar-refractivity contribution is 0.874. The molecule has 0 aliphatic heterocycles. The second kappa shape index (κ2) is 3.38. The van der Waals surface area contributed by atoms with Crippen LogP contribution in [0.15, 0.2) is 12.3 Å². The Balaban J connectivity index is 2.68. The smallest absolute Gasteiger partial charge is 0.159 e. The summed E-state index contributed by atoms with van der Waals surface area (Å²) in [5.41, 5.74) is 8.65. The Morgan fingerprint density at radius 3 is 3.00 bits per heavy atom. The van der Waals surface area contributed by atoms with Crippen LogP contribution >= 0.6 is 0 Å². The van der Waals surface area contributed by atoms with E-state index in [0.717, 1.165) is 23.4 Å². The van der Waals surface area contributed by atoms with Crippen molar-refractivity contribution in [2.24, 2.45) is 12.8 Å². The van der Waals surface area contributed by atoms with Gasteiger partial charge in [-0.15, -0.1) is 0 Å². The number of pyridine rings is 1. The molecule has 0 saturated heterocycles. The third-order valence-electron chi connectivity index (χ3n) is 2.48. The van der Waals surface area contributed by atoms with Gasteiger partial charge in [0.25, 0.3) is 0 Å². The van der Waals surface area contributed by atoms with Crippen LogP contribution in [0.1, 0.15) is 11.4 Å². The molecule has 0 aliphatic rings.